The normalized spacial score (nSPS) is 21.2. The number of aryl methyl sites for hydroxylation is 1. The van der Waals surface area contributed by atoms with Crippen molar-refractivity contribution in [3.05, 3.63) is 53.3 Å². The first-order valence-corrected chi connectivity index (χ1v) is 9.21. The molecule has 1 aromatic carbocycles. The van der Waals surface area contributed by atoms with Gasteiger partial charge in [-0.25, -0.2) is 0 Å². The fraction of sp³-hybridized carbons (Fsp3) is 0.450. The van der Waals surface area contributed by atoms with Gasteiger partial charge in [-0.2, -0.15) is 4.98 Å². The average Bonchev–Trinajstić information content (AvgIpc) is 3.16. The SMILES string of the molecule is Cc1cc(CN2CCC[C@H]2c2noc(C3CC3)n2)c2ccccc2n1. The van der Waals surface area contributed by atoms with E-state index in [4.69, 9.17) is 9.51 Å². The predicted octanol–water partition coefficient (Wildman–Crippen LogP) is 4.14. The molecule has 0 N–H and O–H groups in total. The zero-order valence-electron chi connectivity index (χ0n) is 14.5. The highest BCUT2D eigenvalue weighted by molar-refractivity contribution is 5.82. The van der Waals surface area contributed by atoms with Gasteiger partial charge in [0.25, 0.3) is 0 Å². The van der Waals surface area contributed by atoms with Crippen LogP contribution in [0.25, 0.3) is 10.9 Å². The van der Waals surface area contributed by atoms with Crippen LogP contribution in [-0.4, -0.2) is 26.6 Å². The molecule has 1 atom stereocenters. The summed E-state index contributed by atoms with van der Waals surface area (Å²) in [5.41, 5.74) is 3.48. The van der Waals surface area contributed by atoms with Crippen molar-refractivity contribution in [2.75, 3.05) is 6.54 Å². The Bertz CT molecular complexity index is 915. The van der Waals surface area contributed by atoms with E-state index in [-0.39, 0.29) is 6.04 Å². The van der Waals surface area contributed by atoms with Gasteiger partial charge < -0.3 is 4.52 Å². The number of fused-ring (bicyclic) bond motifs is 1. The number of nitrogens with zero attached hydrogens (tertiary/aromatic N) is 4. The number of hydrogen-bond donors (Lipinski definition) is 0. The summed E-state index contributed by atoms with van der Waals surface area (Å²) < 4.78 is 5.49. The minimum absolute atomic E-state index is 0.267. The molecule has 128 valence electrons. The van der Waals surface area contributed by atoms with Crippen molar-refractivity contribution >= 4 is 10.9 Å². The first-order valence-electron chi connectivity index (χ1n) is 9.21. The lowest BCUT2D eigenvalue weighted by atomic mass is 10.1. The Morgan fingerprint density at radius 3 is 2.92 bits per heavy atom. The Kier molecular flexibility index (Phi) is 3.55. The maximum Gasteiger partial charge on any atom is 0.229 e. The fourth-order valence-corrected chi connectivity index (χ4v) is 3.93. The van der Waals surface area contributed by atoms with Crippen LogP contribution in [0.3, 0.4) is 0 Å². The smallest absolute Gasteiger partial charge is 0.229 e. The largest absolute Gasteiger partial charge is 0.339 e. The predicted molar refractivity (Wildman–Crippen MR) is 95.1 cm³/mol. The lowest BCUT2D eigenvalue weighted by molar-refractivity contribution is 0.234. The molecule has 2 aliphatic rings. The highest BCUT2D eigenvalue weighted by atomic mass is 16.5. The number of hydrogen-bond acceptors (Lipinski definition) is 5. The summed E-state index contributed by atoms with van der Waals surface area (Å²) in [5.74, 6) is 2.23. The molecule has 0 radical (unpaired) electrons. The summed E-state index contributed by atoms with van der Waals surface area (Å²) in [7, 11) is 0. The maximum atomic E-state index is 5.49. The van der Waals surface area contributed by atoms with Crippen molar-refractivity contribution in [2.24, 2.45) is 0 Å². The van der Waals surface area contributed by atoms with E-state index >= 15 is 0 Å². The van der Waals surface area contributed by atoms with Crippen LogP contribution in [0.15, 0.2) is 34.9 Å². The van der Waals surface area contributed by atoms with Gasteiger partial charge in [-0.1, -0.05) is 23.4 Å². The number of rotatable bonds is 4. The standard InChI is InChI=1S/C20H22N4O/c1-13-11-15(16-5-2-3-6-17(16)21-13)12-24-10-4-7-18(24)19-22-20(25-23-19)14-8-9-14/h2-3,5-6,11,14,18H,4,7-10,12H2,1H3/t18-/m0/s1. The van der Waals surface area contributed by atoms with Crippen LogP contribution < -0.4 is 0 Å². The lowest BCUT2D eigenvalue weighted by Crippen LogP contribution is -2.24. The van der Waals surface area contributed by atoms with E-state index in [1.807, 2.05) is 0 Å². The Morgan fingerprint density at radius 2 is 2.04 bits per heavy atom. The summed E-state index contributed by atoms with van der Waals surface area (Å²) in [6.45, 7) is 4.05. The van der Waals surface area contributed by atoms with E-state index in [1.54, 1.807) is 0 Å². The minimum atomic E-state index is 0.267. The highest BCUT2D eigenvalue weighted by Crippen LogP contribution is 2.40. The number of aromatic nitrogens is 3. The van der Waals surface area contributed by atoms with Crippen LogP contribution >= 0.6 is 0 Å². The summed E-state index contributed by atoms with van der Waals surface area (Å²) in [6.07, 6.45) is 4.67. The molecule has 0 amide bonds. The first kappa shape index (κ1) is 15.0. The Morgan fingerprint density at radius 1 is 1.16 bits per heavy atom. The van der Waals surface area contributed by atoms with Gasteiger partial charge in [-0.15, -0.1) is 0 Å². The van der Waals surface area contributed by atoms with Gasteiger partial charge >= 0.3 is 0 Å². The Balaban J connectivity index is 1.44. The molecule has 1 saturated carbocycles. The molecule has 5 nitrogen and oxygen atoms in total. The van der Waals surface area contributed by atoms with Crippen molar-refractivity contribution in [2.45, 2.75) is 51.1 Å². The van der Waals surface area contributed by atoms with Crippen LogP contribution in [0, 0.1) is 6.92 Å². The van der Waals surface area contributed by atoms with E-state index in [0.29, 0.717) is 5.92 Å². The molecule has 3 aromatic rings. The third-order valence-corrected chi connectivity index (χ3v) is 5.35. The van der Waals surface area contributed by atoms with Crippen LogP contribution in [0.5, 0.6) is 0 Å². The van der Waals surface area contributed by atoms with Gasteiger partial charge in [0.2, 0.25) is 5.89 Å². The van der Waals surface area contributed by atoms with E-state index in [9.17, 15) is 0 Å². The molecule has 2 fully saturated rings. The monoisotopic (exact) mass is 334 g/mol. The molecule has 3 heterocycles. The van der Waals surface area contributed by atoms with Crippen LogP contribution in [0.4, 0.5) is 0 Å². The quantitative estimate of drug-likeness (QED) is 0.718. The summed E-state index contributed by atoms with van der Waals surface area (Å²) in [5, 5.41) is 5.53. The van der Waals surface area contributed by atoms with Gasteiger partial charge in [0, 0.05) is 23.5 Å². The highest BCUT2D eigenvalue weighted by Gasteiger charge is 2.34. The molecule has 1 aliphatic carbocycles. The molecule has 5 rings (SSSR count). The maximum absolute atomic E-state index is 5.49. The second kappa shape index (κ2) is 5.92. The Hall–Kier alpha value is -2.27. The zero-order valence-corrected chi connectivity index (χ0v) is 14.5. The average molecular weight is 334 g/mol. The number of benzene rings is 1. The topological polar surface area (TPSA) is 55.1 Å². The lowest BCUT2D eigenvalue weighted by Gasteiger charge is -2.22. The third-order valence-electron chi connectivity index (χ3n) is 5.35. The molecule has 0 spiro atoms. The second-order valence-corrected chi connectivity index (χ2v) is 7.33. The number of pyridine rings is 1. The van der Waals surface area contributed by atoms with Crippen molar-refractivity contribution in [1.29, 1.82) is 0 Å². The van der Waals surface area contributed by atoms with Gasteiger partial charge in [-0.05, 0) is 56.8 Å². The molecule has 1 saturated heterocycles. The molecular formula is C20H22N4O. The van der Waals surface area contributed by atoms with E-state index in [2.05, 4.69) is 52.3 Å². The molecule has 1 aliphatic heterocycles. The van der Waals surface area contributed by atoms with Crippen molar-refractivity contribution in [1.82, 2.24) is 20.0 Å². The van der Waals surface area contributed by atoms with Crippen LogP contribution in [0.2, 0.25) is 0 Å². The third kappa shape index (κ3) is 2.82. The number of likely N-dealkylation sites (tertiary alicyclic amines) is 1. The Labute approximate surface area is 147 Å². The second-order valence-electron chi connectivity index (χ2n) is 7.33. The first-order chi connectivity index (χ1) is 12.3. The van der Waals surface area contributed by atoms with E-state index in [1.165, 1.54) is 30.2 Å². The van der Waals surface area contributed by atoms with Gasteiger partial charge in [0.05, 0.1) is 11.6 Å². The van der Waals surface area contributed by atoms with E-state index in [0.717, 1.165) is 42.4 Å². The molecule has 2 aromatic heterocycles. The van der Waals surface area contributed by atoms with Crippen LogP contribution in [0.1, 0.15) is 60.6 Å². The molecule has 5 heteroatoms. The summed E-state index contributed by atoms with van der Waals surface area (Å²) in [4.78, 5) is 11.8. The van der Waals surface area contributed by atoms with Crippen molar-refractivity contribution in [3.8, 4) is 0 Å². The van der Waals surface area contributed by atoms with Crippen molar-refractivity contribution < 1.29 is 4.52 Å². The molecule has 25 heavy (non-hydrogen) atoms. The minimum Gasteiger partial charge on any atom is -0.339 e. The summed E-state index contributed by atoms with van der Waals surface area (Å²) >= 11 is 0. The molecular weight excluding hydrogens is 312 g/mol. The van der Waals surface area contributed by atoms with Crippen LogP contribution in [-0.2, 0) is 6.54 Å². The van der Waals surface area contributed by atoms with E-state index < -0.39 is 0 Å². The fourth-order valence-electron chi connectivity index (χ4n) is 3.93. The van der Waals surface area contributed by atoms with Crippen molar-refractivity contribution in [3.63, 3.8) is 0 Å². The molecule has 0 bridgehead atoms. The zero-order chi connectivity index (χ0) is 16.8. The summed E-state index contributed by atoms with van der Waals surface area (Å²) in [6, 6.07) is 10.9. The van der Waals surface area contributed by atoms with Gasteiger partial charge in [-0.3, -0.25) is 9.88 Å². The number of para-hydroxylation sites is 1. The van der Waals surface area contributed by atoms with Gasteiger partial charge in [0.1, 0.15) is 0 Å². The molecule has 0 unspecified atom stereocenters. The van der Waals surface area contributed by atoms with Gasteiger partial charge in [0.15, 0.2) is 5.82 Å².